The lowest BCUT2D eigenvalue weighted by Gasteiger charge is -2.36. The van der Waals surface area contributed by atoms with Crippen LogP contribution in [0.3, 0.4) is 0 Å². The van der Waals surface area contributed by atoms with Crippen molar-refractivity contribution in [2.75, 3.05) is 31.5 Å². The molecule has 0 unspecified atom stereocenters. The van der Waals surface area contributed by atoms with Crippen molar-refractivity contribution in [3.63, 3.8) is 0 Å². The quantitative estimate of drug-likeness (QED) is 0.838. The Morgan fingerprint density at radius 3 is 2.40 bits per heavy atom. The van der Waals surface area contributed by atoms with Crippen molar-refractivity contribution >= 4 is 23.0 Å². The van der Waals surface area contributed by atoms with Gasteiger partial charge >= 0.3 is 0 Å². The fourth-order valence-corrected chi connectivity index (χ4v) is 3.16. The first-order valence-electron chi connectivity index (χ1n) is 8.31. The summed E-state index contributed by atoms with van der Waals surface area (Å²) in [5.41, 5.74) is 2.57. The van der Waals surface area contributed by atoms with Crippen molar-refractivity contribution in [1.29, 1.82) is 0 Å². The van der Waals surface area contributed by atoms with E-state index in [-0.39, 0.29) is 0 Å². The van der Waals surface area contributed by atoms with Gasteiger partial charge in [-0.2, -0.15) is 0 Å². The van der Waals surface area contributed by atoms with E-state index in [0.29, 0.717) is 17.2 Å². The summed E-state index contributed by atoms with van der Waals surface area (Å²) in [7, 11) is 0. The molecule has 1 N–H and O–H groups in total. The zero-order chi connectivity index (χ0) is 17.8. The highest BCUT2D eigenvalue weighted by molar-refractivity contribution is 7.80. The number of hydrogen-bond acceptors (Lipinski definition) is 2. The van der Waals surface area contributed by atoms with Crippen molar-refractivity contribution in [3.05, 3.63) is 65.2 Å². The van der Waals surface area contributed by atoms with E-state index in [0.717, 1.165) is 37.9 Å². The first kappa shape index (κ1) is 17.8. The van der Waals surface area contributed by atoms with Crippen LogP contribution in [0.4, 0.5) is 14.5 Å². The van der Waals surface area contributed by atoms with E-state index < -0.39 is 11.6 Å². The average molecular weight is 361 g/mol. The molecule has 132 valence electrons. The minimum absolute atomic E-state index is 0.397. The molecule has 0 spiro atoms. The Bertz CT molecular complexity index is 741. The predicted molar refractivity (Wildman–Crippen MR) is 101 cm³/mol. The second-order valence-electron chi connectivity index (χ2n) is 6.27. The lowest BCUT2D eigenvalue weighted by molar-refractivity contribution is 0.175. The lowest BCUT2D eigenvalue weighted by Crippen LogP contribution is -2.49. The number of aryl methyl sites for hydroxylation is 1. The topological polar surface area (TPSA) is 18.5 Å². The molecule has 0 saturated carbocycles. The predicted octanol–water partition coefficient (Wildman–Crippen LogP) is 3.79. The van der Waals surface area contributed by atoms with Gasteiger partial charge in [0.2, 0.25) is 0 Å². The van der Waals surface area contributed by atoms with Gasteiger partial charge < -0.3 is 10.2 Å². The molecule has 1 aliphatic heterocycles. The highest BCUT2D eigenvalue weighted by Gasteiger charge is 2.20. The van der Waals surface area contributed by atoms with Crippen LogP contribution >= 0.6 is 12.2 Å². The zero-order valence-electron chi connectivity index (χ0n) is 14.1. The average Bonchev–Trinajstić information content (AvgIpc) is 2.61. The molecule has 0 amide bonds. The Hall–Kier alpha value is -2.05. The van der Waals surface area contributed by atoms with Crippen LogP contribution in [0.15, 0.2) is 42.5 Å². The van der Waals surface area contributed by atoms with Crippen molar-refractivity contribution < 1.29 is 8.78 Å². The summed E-state index contributed by atoms with van der Waals surface area (Å²) < 4.78 is 27.1. The second kappa shape index (κ2) is 7.89. The first-order valence-corrected chi connectivity index (χ1v) is 8.71. The van der Waals surface area contributed by atoms with E-state index >= 15 is 0 Å². The molecular formula is C19H21F2N3S. The van der Waals surface area contributed by atoms with Gasteiger partial charge in [0.15, 0.2) is 16.7 Å². The van der Waals surface area contributed by atoms with E-state index in [4.69, 9.17) is 12.2 Å². The molecule has 1 heterocycles. The maximum Gasteiger partial charge on any atom is 0.173 e. The molecule has 2 aromatic rings. The minimum Gasteiger partial charge on any atom is -0.346 e. The normalized spacial score (nSPS) is 15.2. The number of thiocarbonyl (C=S) groups is 1. The molecule has 0 radical (unpaired) electrons. The fraction of sp³-hybridized carbons (Fsp3) is 0.316. The molecular weight excluding hydrogens is 340 g/mol. The van der Waals surface area contributed by atoms with E-state index in [2.05, 4.69) is 15.1 Å². The van der Waals surface area contributed by atoms with Gasteiger partial charge in [0, 0.05) is 44.0 Å². The fourth-order valence-electron chi connectivity index (χ4n) is 2.86. The molecule has 0 bridgehead atoms. The van der Waals surface area contributed by atoms with E-state index in [1.165, 1.54) is 5.56 Å². The van der Waals surface area contributed by atoms with Gasteiger partial charge in [0.05, 0.1) is 0 Å². The van der Waals surface area contributed by atoms with Crippen LogP contribution in [0, 0.1) is 18.6 Å². The molecule has 3 rings (SSSR count). The largest absolute Gasteiger partial charge is 0.346 e. The first-order chi connectivity index (χ1) is 12.0. The summed E-state index contributed by atoms with van der Waals surface area (Å²) >= 11 is 5.48. The number of hydrogen-bond donors (Lipinski definition) is 1. The number of rotatable bonds is 3. The molecule has 0 aromatic heterocycles. The maximum atomic E-state index is 13.8. The summed E-state index contributed by atoms with van der Waals surface area (Å²) in [5, 5.41) is 3.94. The number of nitrogens with zero attached hydrogens (tertiary/aromatic N) is 2. The van der Waals surface area contributed by atoms with Crippen molar-refractivity contribution in [3.8, 4) is 0 Å². The van der Waals surface area contributed by atoms with Crippen LogP contribution < -0.4 is 5.32 Å². The number of nitrogens with one attached hydrogen (secondary N) is 1. The Labute approximate surface area is 152 Å². The summed E-state index contributed by atoms with van der Waals surface area (Å²) in [6.07, 6.45) is 0. The Morgan fingerprint density at radius 1 is 1.04 bits per heavy atom. The van der Waals surface area contributed by atoms with Crippen LogP contribution in [0.2, 0.25) is 0 Å². The van der Waals surface area contributed by atoms with Gasteiger partial charge in [-0.05, 0) is 37.3 Å². The molecule has 3 nitrogen and oxygen atoms in total. The van der Waals surface area contributed by atoms with Crippen molar-refractivity contribution in [1.82, 2.24) is 9.80 Å². The summed E-state index contributed by atoms with van der Waals surface area (Å²) in [4.78, 5) is 4.22. The van der Waals surface area contributed by atoms with Crippen LogP contribution in [0.5, 0.6) is 0 Å². The summed E-state index contributed by atoms with van der Waals surface area (Å²) in [5.74, 6) is -1.54. The molecule has 1 saturated heterocycles. The van der Waals surface area contributed by atoms with Gasteiger partial charge in [0.25, 0.3) is 0 Å². The highest BCUT2D eigenvalue weighted by Crippen LogP contribution is 2.16. The van der Waals surface area contributed by atoms with Crippen LogP contribution in [0.25, 0.3) is 0 Å². The monoisotopic (exact) mass is 361 g/mol. The molecule has 6 heteroatoms. The summed E-state index contributed by atoms with van der Waals surface area (Å²) in [6.45, 7) is 5.49. The Kier molecular flexibility index (Phi) is 5.60. The Morgan fingerprint density at radius 2 is 1.72 bits per heavy atom. The zero-order valence-corrected chi connectivity index (χ0v) is 15.0. The highest BCUT2D eigenvalue weighted by atomic mass is 32.1. The van der Waals surface area contributed by atoms with Gasteiger partial charge in [0.1, 0.15) is 0 Å². The lowest BCUT2D eigenvalue weighted by atomic mass is 10.1. The molecule has 2 aromatic carbocycles. The van der Waals surface area contributed by atoms with Crippen LogP contribution in [-0.4, -0.2) is 41.1 Å². The number of benzene rings is 2. The van der Waals surface area contributed by atoms with Gasteiger partial charge in [-0.25, -0.2) is 8.78 Å². The van der Waals surface area contributed by atoms with Crippen molar-refractivity contribution in [2.45, 2.75) is 13.5 Å². The third-order valence-electron chi connectivity index (χ3n) is 4.39. The van der Waals surface area contributed by atoms with E-state index in [1.54, 1.807) is 12.1 Å². The molecule has 0 aliphatic carbocycles. The number of anilines is 1. The standard InChI is InChI=1S/C19H21F2N3S/c1-14-5-7-16(8-6-14)22-19(25)24-11-9-23(10-12-24)13-15-3-2-4-17(20)18(15)21/h2-8H,9-13H2,1H3,(H,22,25). The molecule has 25 heavy (non-hydrogen) atoms. The summed E-state index contributed by atoms with van der Waals surface area (Å²) in [6, 6.07) is 12.4. The van der Waals surface area contributed by atoms with Crippen molar-refractivity contribution in [2.24, 2.45) is 0 Å². The van der Waals surface area contributed by atoms with Gasteiger partial charge in [-0.1, -0.05) is 29.8 Å². The van der Waals surface area contributed by atoms with Gasteiger partial charge in [-0.15, -0.1) is 0 Å². The number of piperazine rings is 1. The maximum absolute atomic E-state index is 13.8. The van der Waals surface area contributed by atoms with Gasteiger partial charge in [-0.3, -0.25) is 4.90 Å². The minimum atomic E-state index is -0.792. The van der Waals surface area contributed by atoms with Crippen LogP contribution in [-0.2, 0) is 6.54 Å². The van der Waals surface area contributed by atoms with E-state index in [1.807, 2.05) is 31.2 Å². The van der Waals surface area contributed by atoms with E-state index in [9.17, 15) is 8.78 Å². The third-order valence-corrected chi connectivity index (χ3v) is 4.75. The van der Waals surface area contributed by atoms with Crippen LogP contribution in [0.1, 0.15) is 11.1 Å². The third kappa shape index (κ3) is 4.52. The smallest absolute Gasteiger partial charge is 0.173 e. The second-order valence-corrected chi connectivity index (χ2v) is 6.66. The molecule has 0 atom stereocenters. The number of halogens is 2. The molecule has 1 fully saturated rings. The SMILES string of the molecule is Cc1ccc(NC(=S)N2CCN(Cc3cccc(F)c3F)CC2)cc1. The Balaban J connectivity index is 1.52. The molecule has 1 aliphatic rings.